The van der Waals surface area contributed by atoms with Crippen molar-refractivity contribution in [2.75, 3.05) is 13.1 Å². The minimum Gasteiger partial charge on any atom is -0.392 e. The van der Waals surface area contributed by atoms with E-state index in [-0.39, 0.29) is 6.10 Å². The number of hydrogen-bond donors (Lipinski definition) is 1. The van der Waals surface area contributed by atoms with Gasteiger partial charge < -0.3 is 9.67 Å². The Labute approximate surface area is 171 Å². The van der Waals surface area contributed by atoms with Crippen molar-refractivity contribution in [2.45, 2.75) is 78.0 Å². The second-order valence-corrected chi connectivity index (χ2v) is 8.69. The summed E-state index contributed by atoms with van der Waals surface area (Å²) in [7, 11) is 0. The first-order valence-corrected chi connectivity index (χ1v) is 11.2. The second-order valence-electron chi connectivity index (χ2n) is 8.69. The lowest BCUT2D eigenvalue weighted by atomic mass is 9.89. The standard InChI is InChI=1S/C25H38N2O/c1-3-10-25(28)20-26(17-22-12-5-4-6-13-22)19-24-15-9-16-27(24)18-23-14-8-7-11-21(23)2/h7-9,11,14-16,22,25,28H,3-6,10,12-13,17-20H2,1-2H3. The fourth-order valence-electron chi connectivity index (χ4n) is 4.61. The molecule has 0 radical (unpaired) electrons. The van der Waals surface area contributed by atoms with Crippen molar-refractivity contribution >= 4 is 0 Å². The number of benzene rings is 1. The van der Waals surface area contributed by atoms with Gasteiger partial charge in [-0.1, -0.05) is 56.9 Å². The fourth-order valence-corrected chi connectivity index (χ4v) is 4.61. The Kier molecular flexibility index (Phi) is 8.17. The highest BCUT2D eigenvalue weighted by molar-refractivity contribution is 5.26. The van der Waals surface area contributed by atoms with Crippen LogP contribution in [0.25, 0.3) is 0 Å². The Bertz CT molecular complexity index is 702. The molecule has 1 unspecified atom stereocenters. The van der Waals surface area contributed by atoms with E-state index < -0.39 is 0 Å². The quantitative estimate of drug-likeness (QED) is 0.597. The van der Waals surface area contributed by atoms with Gasteiger partial charge in [-0.05, 0) is 55.4 Å². The highest BCUT2D eigenvalue weighted by Gasteiger charge is 2.20. The molecule has 1 aromatic carbocycles. The highest BCUT2D eigenvalue weighted by Crippen LogP contribution is 2.25. The molecule has 0 bridgehead atoms. The molecule has 2 aromatic rings. The molecule has 1 N–H and O–H groups in total. The summed E-state index contributed by atoms with van der Waals surface area (Å²) in [6.45, 7) is 8.10. The van der Waals surface area contributed by atoms with Gasteiger partial charge in [0.15, 0.2) is 0 Å². The number of aryl methyl sites for hydroxylation is 1. The summed E-state index contributed by atoms with van der Waals surface area (Å²) in [6.07, 6.45) is 10.8. The molecule has 1 aliphatic carbocycles. The van der Waals surface area contributed by atoms with Crippen molar-refractivity contribution in [3.8, 4) is 0 Å². The number of aliphatic hydroxyl groups is 1. The smallest absolute Gasteiger partial charge is 0.0667 e. The van der Waals surface area contributed by atoms with Crippen molar-refractivity contribution in [1.29, 1.82) is 0 Å². The number of nitrogens with zero attached hydrogens (tertiary/aromatic N) is 2. The first-order chi connectivity index (χ1) is 13.7. The lowest BCUT2D eigenvalue weighted by molar-refractivity contribution is 0.0853. The average molecular weight is 383 g/mol. The molecule has 1 aliphatic rings. The molecule has 3 rings (SSSR count). The number of rotatable bonds is 10. The van der Waals surface area contributed by atoms with Crippen LogP contribution in [0.3, 0.4) is 0 Å². The zero-order valence-electron chi connectivity index (χ0n) is 17.8. The van der Waals surface area contributed by atoms with Gasteiger partial charge in [0.25, 0.3) is 0 Å². The van der Waals surface area contributed by atoms with Crippen LogP contribution in [0, 0.1) is 12.8 Å². The van der Waals surface area contributed by atoms with Crippen LogP contribution in [-0.4, -0.2) is 33.8 Å². The van der Waals surface area contributed by atoms with Crippen LogP contribution in [0.1, 0.15) is 68.7 Å². The van der Waals surface area contributed by atoms with E-state index in [0.717, 1.165) is 44.9 Å². The predicted octanol–water partition coefficient (Wildman–Crippen LogP) is 5.39. The third-order valence-corrected chi connectivity index (χ3v) is 6.24. The molecule has 1 atom stereocenters. The van der Waals surface area contributed by atoms with Gasteiger partial charge in [-0.2, -0.15) is 0 Å². The maximum atomic E-state index is 10.5. The molecule has 154 valence electrons. The van der Waals surface area contributed by atoms with E-state index in [4.69, 9.17) is 0 Å². The summed E-state index contributed by atoms with van der Waals surface area (Å²) in [6, 6.07) is 13.1. The van der Waals surface area contributed by atoms with E-state index in [2.05, 4.69) is 65.9 Å². The Morgan fingerprint density at radius 1 is 1.11 bits per heavy atom. The molecule has 0 spiro atoms. The lowest BCUT2D eigenvalue weighted by Crippen LogP contribution is -2.36. The summed E-state index contributed by atoms with van der Waals surface area (Å²) in [5.41, 5.74) is 4.08. The summed E-state index contributed by atoms with van der Waals surface area (Å²) in [4.78, 5) is 2.51. The normalized spacial score (nSPS) is 16.6. The molecular weight excluding hydrogens is 344 g/mol. The Morgan fingerprint density at radius 2 is 1.89 bits per heavy atom. The predicted molar refractivity (Wildman–Crippen MR) is 117 cm³/mol. The largest absolute Gasteiger partial charge is 0.392 e. The first kappa shape index (κ1) is 21.1. The van der Waals surface area contributed by atoms with Crippen LogP contribution >= 0.6 is 0 Å². The molecule has 1 fully saturated rings. The molecule has 28 heavy (non-hydrogen) atoms. The van der Waals surface area contributed by atoms with Gasteiger partial charge in [-0.3, -0.25) is 4.90 Å². The third-order valence-electron chi connectivity index (χ3n) is 6.24. The van der Waals surface area contributed by atoms with E-state index in [9.17, 15) is 5.11 Å². The Morgan fingerprint density at radius 3 is 2.64 bits per heavy atom. The van der Waals surface area contributed by atoms with Crippen molar-refractivity contribution in [3.05, 3.63) is 59.4 Å². The Hall–Kier alpha value is -1.58. The summed E-state index contributed by atoms with van der Waals surface area (Å²) in [5.74, 6) is 0.794. The topological polar surface area (TPSA) is 28.4 Å². The molecule has 0 amide bonds. The molecule has 3 nitrogen and oxygen atoms in total. The molecule has 1 saturated carbocycles. The van der Waals surface area contributed by atoms with Crippen molar-refractivity contribution in [3.63, 3.8) is 0 Å². The lowest BCUT2D eigenvalue weighted by Gasteiger charge is -2.31. The van der Waals surface area contributed by atoms with Crippen LogP contribution in [-0.2, 0) is 13.1 Å². The zero-order valence-corrected chi connectivity index (χ0v) is 17.8. The van der Waals surface area contributed by atoms with Crippen LogP contribution in [0.15, 0.2) is 42.6 Å². The first-order valence-electron chi connectivity index (χ1n) is 11.2. The fraction of sp³-hybridized carbons (Fsp3) is 0.600. The van der Waals surface area contributed by atoms with Gasteiger partial charge in [-0.25, -0.2) is 0 Å². The molecule has 1 heterocycles. The monoisotopic (exact) mass is 382 g/mol. The van der Waals surface area contributed by atoms with Crippen molar-refractivity contribution < 1.29 is 5.11 Å². The van der Waals surface area contributed by atoms with Crippen LogP contribution < -0.4 is 0 Å². The number of aliphatic hydroxyl groups excluding tert-OH is 1. The van der Waals surface area contributed by atoms with E-state index >= 15 is 0 Å². The van der Waals surface area contributed by atoms with Gasteiger partial charge in [0.2, 0.25) is 0 Å². The summed E-state index contributed by atoms with van der Waals surface area (Å²) < 4.78 is 2.38. The zero-order chi connectivity index (χ0) is 19.8. The van der Waals surface area contributed by atoms with Gasteiger partial charge in [0.1, 0.15) is 0 Å². The molecule has 0 aliphatic heterocycles. The van der Waals surface area contributed by atoms with E-state index in [1.807, 2.05) is 0 Å². The van der Waals surface area contributed by atoms with Gasteiger partial charge in [0, 0.05) is 38.1 Å². The minimum atomic E-state index is -0.214. The van der Waals surface area contributed by atoms with Crippen LogP contribution in [0.4, 0.5) is 0 Å². The van der Waals surface area contributed by atoms with E-state index in [1.165, 1.54) is 48.9 Å². The van der Waals surface area contributed by atoms with Crippen molar-refractivity contribution in [2.24, 2.45) is 5.92 Å². The molecule has 3 heteroatoms. The summed E-state index contributed by atoms with van der Waals surface area (Å²) >= 11 is 0. The maximum Gasteiger partial charge on any atom is 0.0667 e. The molecule has 1 aromatic heterocycles. The van der Waals surface area contributed by atoms with Crippen LogP contribution in [0.2, 0.25) is 0 Å². The number of aromatic nitrogens is 1. The molecule has 0 saturated heterocycles. The van der Waals surface area contributed by atoms with E-state index in [0.29, 0.717) is 0 Å². The van der Waals surface area contributed by atoms with E-state index in [1.54, 1.807) is 0 Å². The molecular formula is C25H38N2O. The minimum absolute atomic E-state index is 0.214. The third kappa shape index (κ3) is 6.22. The van der Waals surface area contributed by atoms with Gasteiger partial charge in [-0.15, -0.1) is 0 Å². The van der Waals surface area contributed by atoms with Gasteiger partial charge in [0.05, 0.1) is 6.10 Å². The number of hydrogen-bond acceptors (Lipinski definition) is 2. The highest BCUT2D eigenvalue weighted by atomic mass is 16.3. The maximum absolute atomic E-state index is 10.5. The Balaban J connectivity index is 1.69. The van der Waals surface area contributed by atoms with Crippen molar-refractivity contribution in [1.82, 2.24) is 9.47 Å². The SMILES string of the molecule is CCCC(O)CN(Cc1cccn1Cc1ccccc1C)CC1CCCCC1. The van der Waals surface area contributed by atoms with Gasteiger partial charge >= 0.3 is 0 Å². The average Bonchev–Trinajstić information content (AvgIpc) is 3.11. The van der Waals surface area contributed by atoms with Crippen LogP contribution in [0.5, 0.6) is 0 Å². The summed E-state index contributed by atoms with van der Waals surface area (Å²) in [5, 5.41) is 10.5. The second kappa shape index (κ2) is 10.8.